The van der Waals surface area contributed by atoms with Gasteiger partial charge in [0.2, 0.25) is 9.28 Å². The third kappa shape index (κ3) is 6.39. The van der Waals surface area contributed by atoms with Crippen LogP contribution < -0.4 is 0 Å². The van der Waals surface area contributed by atoms with Gasteiger partial charge in [-0.05, 0) is 0 Å². The standard InChI is InChI=1S/C5H12OSi2/c1-2-3-4-5-7-8-6/h6H,2-5H2,1H3. The van der Waals surface area contributed by atoms with Crippen molar-refractivity contribution in [1.82, 2.24) is 0 Å². The molecular formula is C5H12OSi2. The Bertz CT molecular complexity index is 35.4. The third-order valence-electron chi connectivity index (χ3n) is 0.984. The highest BCUT2D eigenvalue weighted by Gasteiger charge is 1.87. The van der Waals surface area contributed by atoms with E-state index in [1.807, 2.05) is 0 Å². The first kappa shape index (κ1) is 8.39. The molecule has 0 heterocycles. The van der Waals surface area contributed by atoms with Gasteiger partial charge in [-0.2, -0.15) is 0 Å². The normalized spacial score (nSPS) is 9.75. The fraction of sp³-hybridized carbons (Fsp3) is 1.00. The second kappa shape index (κ2) is 7.39. The lowest BCUT2D eigenvalue weighted by molar-refractivity contribution is 0.620. The Morgan fingerprint density at radius 3 is 2.62 bits per heavy atom. The summed E-state index contributed by atoms with van der Waals surface area (Å²) in [6.07, 6.45) is 3.93. The van der Waals surface area contributed by atoms with Crippen LogP contribution in [0.3, 0.4) is 0 Å². The Hall–Kier alpha value is 0.394. The van der Waals surface area contributed by atoms with Gasteiger partial charge in [0.15, 0.2) is 0 Å². The molecule has 0 saturated heterocycles. The minimum absolute atomic E-state index is 0.197. The first-order valence-electron chi connectivity index (χ1n) is 3.03. The summed E-state index contributed by atoms with van der Waals surface area (Å²) in [7, 11) is 1.00. The molecular weight excluding hydrogens is 132 g/mol. The van der Waals surface area contributed by atoms with Crippen LogP contribution in [0.15, 0.2) is 0 Å². The van der Waals surface area contributed by atoms with Crippen LogP contribution in [0, 0.1) is 0 Å². The van der Waals surface area contributed by atoms with E-state index in [1.54, 1.807) is 0 Å². The van der Waals surface area contributed by atoms with Crippen molar-refractivity contribution in [2.45, 2.75) is 32.2 Å². The van der Waals surface area contributed by atoms with Gasteiger partial charge in [-0.1, -0.05) is 32.2 Å². The van der Waals surface area contributed by atoms with E-state index in [0.29, 0.717) is 0 Å². The van der Waals surface area contributed by atoms with Gasteiger partial charge in [0.1, 0.15) is 0 Å². The monoisotopic (exact) mass is 144 g/mol. The first-order chi connectivity index (χ1) is 3.91. The van der Waals surface area contributed by atoms with Crippen molar-refractivity contribution in [1.29, 1.82) is 0 Å². The Balaban J connectivity index is 2.53. The number of unbranched alkanes of at least 4 members (excludes halogenated alkanes) is 2. The summed E-state index contributed by atoms with van der Waals surface area (Å²) in [6.45, 7) is 2.20. The minimum Gasteiger partial charge on any atom is -0.436 e. The van der Waals surface area contributed by atoms with E-state index < -0.39 is 0 Å². The summed E-state index contributed by atoms with van der Waals surface area (Å²) in [5.74, 6) is 0. The fourth-order valence-corrected chi connectivity index (χ4v) is 1.92. The van der Waals surface area contributed by atoms with E-state index in [-0.39, 0.29) is 9.28 Å². The molecule has 1 N–H and O–H groups in total. The molecule has 0 aliphatic rings. The molecule has 0 bridgehead atoms. The molecule has 0 unspecified atom stereocenters. The molecule has 0 atom stereocenters. The van der Waals surface area contributed by atoms with Gasteiger partial charge in [0.05, 0.1) is 9.04 Å². The zero-order valence-corrected chi connectivity index (χ0v) is 7.28. The minimum atomic E-state index is 0.197. The van der Waals surface area contributed by atoms with Crippen LogP contribution in [-0.4, -0.2) is 23.1 Å². The Morgan fingerprint density at radius 2 is 2.12 bits per heavy atom. The van der Waals surface area contributed by atoms with Crippen LogP contribution in [0.4, 0.5) is 0 Å². The molecule has 0 aromatic heterocycles. The van der Waals surface area contributed by atoms with E-state index in [4.69, 9.17) is 4.80 Å². The zero-order valence-electron chi connectivity index (χ0n) is 5.28. The molecule has 0 amide bonds. The molecule has 4 radical (unpaired) electrons. The summed E-state index contributed by atoms with van der Waals surface area (Å²) in [4.78, 5) is 8.41. The summed E-state index contributed by atoms with van der Waals surface area (Å²) in [5, 5.41) is 0. The molecule has 0 aliphatic heterocycles. The fourth-order valence-electron chi connectivity index (χ4n) is 0.519. The van der Waals surface area contributed by atoms with Gasteiger partial charge >= 0.3 is 0 Å². The van der Waals surface area contributed by atoms with E-state index in [9.17, 15) is 0 Å². The average molecular weight is 144 g/mol. The molecule has 0 aromatic rings. The van der Waals surface area contributed by atoms with Crippen molar-refractivity contribution in [3.63, 3.8) is 0 Å². The van der Waals surface area contributed by atoms with Crippen molar-refractivity contribution in [2.24, 2.45) is 0 Å². The van der Waals surface area contributed by atoms with Crippen LogP contribution in [0.25, 0.3) is 0 Å². The highest BCUT2D eigenvalue weighted by atomic mass is 29.2. The van der Waals surface area contributed by atoms with Crippen molar-refractivity contribution < 1.29 is 4.80 Å². The highest BCUT2D eigenvalue weighted by molar-refractivity contribution is 6.96. The molecule has 0 fully saturated rings. The molecule has 1 nitrogen and oxygen atoms in total. The van der Waals surface area contributed by atoms with Gasteiger partial charge in [-0.25, -0.2) is 0 Å². The van der Waals surface area contributed by atoms with E-state index in [2.05, 4.69) is 6.92 Å². The Morgan fingerprint density at radius 1 is 1.38 bits per heavy atom. The number of rotatable bonds is 5. The SMILES string of the molecule is CCCCC[Si][Si]O. The van der Waals surface area contributed by atoms with Crippen molar-refractivity contribution in [3.8, 4) is 0 Å². The van der Waals surface area contributed by atoms with Crippen LogP contribution in [0.1, 0.15) is 26.2 Å². The number of hydrogen-bond acceptors (Lipinski definition) is 1. The van der Waals surface area contributed by atoms with Crippen molar-refractivity contribution in [3.05, 3.63) is 0 Å². The van der Waals surface area contributed by atoms with Crippen molar-refractivity contribution in [2.75, 3.05) is 0 Å². The Labute approximate surface area is 56.1 Å². The smallest absolute Gasteiger partial charge is 0.200 e. The van der Waals surface area contributed by atoms with Gasteiger partial charge in [-0.15, -0.1) is 0 Å². The number of hydrogen-bond donors (Lipinski definition) is 1. The molecule has 0 aliphatic carbocycles. The van der Waals surface area contributed by atoms with Crippen LogP contribution in [0.2, 0.25) is 6.04 Å². The van der Waals surface area contributed by atoms with E-state index in [0.717, 1.165) is 9.04 Å². The topological polar surface area (TPSA) is 20.2 Å². The lowest BCUT2D eigenvalue weighted by atomic mass is 10.3. The Kier molecular flexibility index (Phi) is 7.76. The van der Waals surface area contributed by atoms with Gasteiger partial charge in [0.25, 0.3) is 0 Å². The van der Waals surface area contributed by atoms with Crippen molar-refractivity contribution >= 4 is 18.3 Å². The predicted molar refractivity (Wildman–Crippen MR) is 38.1 cm³/mol. The molecule has 0 aromatic carbocycles. The summed E-state index contributed by atoms with van der Waals surface area (Å²) >= 11 is 0. The molecule has 8 heavy (non-hydrogen) atoms. The quantitative estimate of drug-likeness (QED) is 0.447. The summed E-state index contributed by atoms with van der Waals surface area (Å²) in [5.41, 5.74) is 0. The summed E-state index contributed by atoms with van der Waals surface area (Å²) < 4.78 is 0. The second-order valence-electron chi connectivity index (χ2n) is 1.75. The maximum atomic E-state index is 8.41. The predicted octanol–water partition coefficient (Wildman–Crippen LogP) is 0.826. The lowest BCUT2D eigenvalue weighted by Gasteiger charge is -1.91. The first-order valence-corrected chi connectivity index (χ1v) is 6.19. The van der Waals surface area contributed by atoms with E-state index >= 15 is 0 Å². The van der Waals surface area contributed by atoms with Gasteiger partial charge < -0.3 is 4.80 Å². The average Bonchev–Trinajstić information content (AvgIpc) is 1.81. The maximum Gasteiger partial charge on any atom is 0.200 e. The van der Waals surface area contributed by atoms with Gasteiger partial charge in [-0.3, -0.25) is 0 Å². The highest BCUT2D eigenvalue weighted by Crippen LogP contribution is 1.96. The third-order valence-corrected chi connectivity index (χ3v) is 2.97. The lowest BCUT2D eigenvalue weighted by Crippen LogP contribution is -2.00. The van der Waals surface area contributed by atoms with E-state index in [1.165, 1.54) is 25.3 Å². The summed E-state index contributed by atoms with van der Waals surface area (Å²) in [6, 6.07) is 1.24. The van der Waals surface area contributed by atoms with Gasteiger partial charge in [0, 0.05) is 0 Å². The molecule has 0 spiro atoms. The maximum absolute atomic E-state index is 8.41. The van der Waals surface area contributed by atoms with Crippen LogP contribution in [-0.2, 0) is 0 Å². The molecule has 0 rings (SSSR count). The largest absolute Gasteiger partial charge is 0.436 e. The molecule has 46 valence electrons. The van der Waals surface area contributed by atoms with Crippen LogP contribution >= 0.6 is 0 Å². The molecule has 3 heteroatoms. The van der Waals surface area contributed by atoms with Crippen LogP contribution in [0.5, 0.6) is 0 Å². The zero-order chi connectivity index (χ0) is 6.24. The second-order valence-corrected chi connectivity index (χ2v) is 4.55. The molecule has 0 saturated carbocycles.